The number of carbonyl (C=O) groups is 2. The van der Waals surface area contributed by atoms with E-state index in [1.54, 1.807) is 0 Å². The molecule has 5 nitrogen and oxygen atoms in total. The Hall–Kier alpha value is -1.88. The first kappa shape index (κ1) is 17.1. The average molecular weight is 267 g/mol. The summed E-state index contributed by atoms with van der Waals surface area (Å²) in [7, 11) is 0. The summed E-state index contributed by atoms with van der Waals surface area (Å²) >= 11 is 0. The molecule has 5 heteroatoms. The quantitative estimate of drug-likeness (QED) is 0.689. The second-order valence-corrected chi connectivity index (χ2v) is 3.91. The fraction of sp³-hybridized carbons (Fsp3) is 0.429. The number of nitrogens with one attached hydrogen (secondary N) is 1. The maximum absolute atomic E-state index is 10.5. The van der Waals surface area contributed by atoms with Crippen molar-refractivity contribution in [2.24, 2.45) is 0 Å². The number of carboxylic acid groups (broad SMARTS) is 2. The number of hydrogen-bond acceptors (Lipinski definition) is 3. The Morgan fingerprint density at radius 2 is 1.32 bits per heavy atom. The molecule has 19 heavy (non-hydrogen) atoms. The minimum atomic E-state index is -1.23. The molecule has 0 aromatic heterocycles. The number of hydrogen-bond donors (Lipinski definition) is 3. The predicted octanol–water partition coefficient (Wildman–Crippen LogP) is 2.48. The molecule has 106 valence electrons. The third-order valence-corrected chi connectivity index (χ3v) is 2.24. The Morgan fingerprint density at radius 1 is 0.947 bits per heavy atom. The smallest absolute Gasteiger partial charge is 0.336 e. The Bertz CT molecular complexity index is 367. The van der Waals surface area contributed by atoms with Gasteiger partial charge in [0, 0.05) is 0 Å². The van der Waals surface area contributed by atoms with Crippen LogP contribution in [-0.4, -0.2) is 35.2 Å². The fourth-order valence-electron chi connectivity index (χ4n) is 1.33. The van der Waals surface area contributed by atoms with Gasteiger partial charge in [-0.2, -0.15) is 0 Å². The minimum absolute atomic E-state index is 0.190. The molecule has 0 bridgehead atoms. The van der Waals surface area contributed by atoms with E-state index in [2.05, 4.69) is 19.2 Å². The van der Waals surface area contributed by atoms with Crippen molar-refractivity contribution < 1.29 is 19.8 Å². The fourth-order valence-corrected chi connectivity index (χ4v) is 1.33. The van der Waals surface area contributed by atoms with Gasteiger partial charge in [0.05, 0.1) is 11.1 Å². The summed E-state index contributed by atoms with van der Waals surface area (Å²) in [6, 6.07) is 5.48. The molecule has 0 heterocycles. The van der Waals surface area contributed by atoms with Crippen molar-refractivity contribution in [3.63, 3.8) is 0 Å². The van der Waals surface area contributed by atoms with Crippen LogP contribution in [0.15, 0.2) is 24.3 Å². The van der Waals surface area contributed by atoms with Crippen LogP contribution in [0.2, 0.25) is 0 Å². The molecule has 0 saturated carbocycles. The van der Waals surface area contributed by atoms with Crippen molar-refractivity contribution in [2.45, 2.75) is 26.7 Å². The lowest BCUT2D eigenvalue weighted by Gasteiger charge is -1.98. The molecular weight excluding hydrogens is 246 g/mol. The lowest BCUT2D eigenvalue weighted by atomic mass is 10.1. The normalized spacial score (nSPS) is 9.37. The van der Waals surface area contributed by atoms with E-state index >= 15 is 0 Å². The Balaban J connectivity index is 0.000000399. The molecule has 0 aliphatic heterocycles. The van der Waals surface area contributed by atoms with E-state index in [4.69, 9.17) is 10.2 Å². The molecule has 1 aromatic carbocycles. The molecule has 0 aliphatic carbocycles. The summed E-state index contributed by atoms with van der Waals surface area (Å²) in [5, 5.41) is 20.4. The molecule has 0 aliphatic rings. The highest BCUT2D eigenvalue weighted by Crippen LogP contribution is 2.07. The van der Waals surface area contributed by atoms with E-state index in [1.807, 2.05) is 0 Å². The number of carboxylic acids is 2. The van der Waals surface area contributed by atoms with Crippen LogP contribution < -0.4 is 5.32 Å². The van der Waals surface area contributed by atoms with E-state index in [9.17, 15) is 9.59 Å². The molecule has 1 rings (SSSR count). The molecule has 0 fully saturated rings. The van der Waals surface area contributed by atoms with Crippen LogP contribution in [0.1, 0.15) is 47.4 Å². The van der Waals surface area contributed by atoms with E-state index < -0.39 is 11.9 Å². The molecule has 0 unspecified atom stereocenters. The van der Waals surface area contributed by atoms with Crippen LogP contribution in [-0.2, 0) is 0 Å². The van der Waals surface area contributed by atoms with Gasteiger partial charge in [-0.15, -0.1) is 0 Å². The van der Waals surface area contributed by atoms with Gasteiger partial charge in [-0.25, -0.2) is 9.59 Å². The molecule has 0 amide bonds. The maximum Gasteiger partial charge on any atom is 0.336 e. The van der Waals surface area contributed by atoms with Crippen LogP contribution in [0.25, 0.3) is 0 Å². The molecule has 0 radical (unpaired) electrons. The van der Waals surface area contributed by atoms with Crippen LogP contribution in [0.3, 0.4) is 0 Å². The highest BCUT2D eigenvalue weighted by Gasteiger charge is 2.13. The zero-order valence-corrected chi connectivity index (χ0v) is 11.3. The highest BCUT2D eigenvalue weighted by molar-refractivity contribution is 6.01. The molecule has 1 aromatic rings. The highest BCUT2D eigenvalue weighted by atomic mass is 16.4. The lowest BCUT2D eigenvalue weighted by molar-refractivity contribution is 0.0651. The van der Waals surface area contributed by atoms with E-state index in [-0.39, 0.29) is 11.1 Å². The number of rotatable bonds is 6. The summed E-state index contributed by atoms with van der Waals surface area (Å²) in [5.74, 6) is -2.46. The van der Waals surface area contributed by atoms with Crippen LogP contribution in [0, 0.1) is 0 Å². The van der Waals surface area contributed by atoms with Crippen molar-refractivity contribution >= 4 is 11.9 Å². The second-order valence-electron chi connectivity index (χ2n) is 3.91. The first-order chi connectivity index (χ1) is 9.04. The zero-order chi connectivity index (χ0) is 14.7. The summed E-state index contributed by atoms with van der Waals surface area (Å²) in [6.07, 6.45) is 2.50. The minimum Gasteiger partial charge on any atom is -0.478 e. The topological polar surface area (TPSA) is 86.6 Å². The van der Waals surface area contributed by atoms with Crippen molar-refractivity contribution in [1.29, 1.82) is 0 Å². The van der Waals surface area contributed by atoms with Gasteiger partial charge in [0.2, 0.25) is 0 Å². The van der Waals surface area contributed by atoms with Crippen LogP contribution >= 0.6 is 0 Å². The SMILES string of the molecule is CCCNCCC.O=C(O)c1ccccc1C(=O)O. The van der Waals surface area contributed by atoms with Gasteiger partial charge in [0.25, 0.3) is 0 Å². The molecule has 0 saturated heterocycles. The third-order valence-electron chi connectivity index (χ3n) is 2.24. The third kappa shape index (κ3) is 7.21. The van der Waals surface area contributed by atoms with Crippen molar-refractivity contribution in [3.05, 3.63) is 35.4 Å². The van der Waals surface area contributed by atoms with Crippen LogP contribution in [0.5, 0.6) is 0 Å². The zero-order valence-electron chi connectivity index (χ0n) is 11.3. The molecule has 0 atom stereocenters. The number of aromatic carboxylic acids is 2. The van der Waals surface area contributed by atoms with E-state index in [0.29, 0.717) is 0 Å². The lowest BCUT2D eigenvalue weighted by Crippen LogP contribution is -2.14. The first-order valence-corrected chi connectivity index (χ1v) is 6.30. The monoisotopic (exact) mass is 267 g/mol. The van der Waals surface area contributed by atoms with Crippen molar-refractivity contribution in [1.82, 2.24) is 5.32 Å². The Kier molecular flexibility index (Phi) is 9.08. The van der Waals surface area contributed by atoms with Gasteiger partial charge in [0.1, 0.15) is 0 Å². The van der Waals surface area contributed by atoms with Gasteiger partial charge >= 0.3 is 11.9 Å². The van der Waals surface area contributed by atoms with Crippen molar-refractivity contribution in [2.75, 3.05) is 13.1 Å². The molecule has 3 N–H and O–H groups in total. The van der Waals surface area contributed by atoms with Crippen molar-refractivity contribution in [3.8, 4) is 0 Å². The predicted molar refractivity (Wildman–Crippen MR) is 73.8 cm³/mol. The van der Waals surface area contributed by atoms with Gasteiger partial charge in [-0.05, 0) is 38.1 Å². The number of benzene rings is 1. The summed E-state index contributed by atoms with van der Waals surface area (Å²) in [6.45, 7) is 6.72. The summed E-state index contributed by atoms with van der Waals surface area (Å²) in [4.78, 5) is 20.9. The van der Waals surface area contributed by atoms with E-state index in [1.165, 1.54) is 50.2 Å². The molecule has 0 spiro atoms. The first-order valence-electron chi connectivity index (χ1n) is 6.30. The van der Waals surface area contributed by atoms with Gasteiger partial charge in [-0.1, -0.05) is 26.0 Å². The molecular formula is C14H21NO4. The second kappa shape index (κ2) is 10.1. The Labute approximate surface area is 113 Å². The van der Waals surface area contributed by atoms with Gasteiger partial charge < -0.3 is 15.5 Å². The summed E-state index contributed by atoms with van der Waals surface area (Å²) in [5.41, 5.74) is -0.380. The van der Waals surface area contributed by atoms with Crippen LogP contribution in [0.4, 0.5) is 0 Å². The Morgan fingerprint density at radius 3 is 1.58 bits per heavy atom. The largest absolute Gasteiger partial charge is 0.478 e. The average Bonchev–Trinajstić information content (AvgIpc) is 2.40. The van der Waals surface area contributed by atoms with Gasteiger partial charge in [-0.3, -0.25) is 0 Å². The maximum atomic E-state index is 10.5. The standard InChI is InChI=1S/C8H6O4.C6H15N/c9-7(10)5-3-1-2-4-6(5)8(11)12;1-3-5-7-6-4-2/h1-4H,(H,9,10)(H,11,12);7H,3-6H2,1-2H3. The summed E-state index contributed by atoms with van der Waals surface area (Å²) < 4.78 is 0. The van der Waals surface area contributed by atoms with Gasteiger partial charge in [0.15, 0.2) is 0 Å². The van der Waals surface area contributed by atoms with E-state index in [0.717, 1.165) is 0 Å².